The van der Waals surface area contributed by atoms with Gasteiger partial charge in [-0.1, -0.05) is 12.1 Å². The van der Waals surface area contributed by atoms with E-state index in [-0.39, 0.29) is 11.9 Å². The highest BCUT2D eigenvalue weighted by molar-refractivity contribution is 5.65. The van der Waals surface area contributed by atoms with Crippen molar-refractivity contribution in [3.63, 3.8) is 0 Å². The Morgan fingerprint density at radius 1 is 1.06 bits per heavy atom. The second kappa shape index (κ2) is 9.39. The Morgan fingerprint density at radius 3 is 2.55 bits per heavy atom. The number of aryl methyl sites for hydroxylation is 1. The summed E-state index contributed by atoms with van der Waals surface area (Å²) in [5, 5.41) is 0. The fourth-order valence-corrected chi connectivity index (χ4v) is 3.78. The Balaban J connectivity index is 1.39. The topological polar surface area (TPSA) is 57.0 Å². The van der Waals surface area contributed by atoms with Gasteiger partial charge in [0.25, 0.3) is 0 Å². The molecule has 0 saturated carbocycles. The Bertz CT molecular complexity index is 1030. The first kappa shape index (κ1) is 21.2. The van der Waals surface area contributed by atoms with Crippen LogP contribution in [0.1, 0.15) is 24.3 Å². The summed E-state index contributed by atoms with van der Waals surface area (Å²) in [4.78, 5) is 7.05. The molecule has 3 aromatic rings. The second-order valence-corrected chi connectivity index (χ2v) is 7.61. The summed E-state index contributed by atoms with van der Waals surface area (Å²) in [6.07, 6.45) is 1.69. The van der Waals surface area contributed by atoms with Gasteiger partial charge >= 0.3 is 0 Å². The Morgan fingerprint density at radius 2 is 1.84 bits per heavy atom. The van der Waals surface area contributed by atoms with Crippen molar-refractivity contribution in [2.75, 3.05) is 27.3 Å². The predicted molar refractivity (Wildman–Crippen MR) is 115 cm³/mol. The lowest BCUT2D eigenvalue weighted by atomic mass is 10.1. The highest BCUT2D eigenvalue weighted by atomic mass is 19.1. The van der Waals surface area contributed by atoms with Crippen LogP contribution in [0, 0.1) is 12.7 Å². The molecule has 1 saturated heterocycles. The van der Waals surface area contributed by atoms with Gasteiger partial charge in [-0.15, -0.1) is 0 Å². The van der Waals surface area contributed by atoms with Crippen LogP contribution in [0.25, 0.3) is 11.5 Å². The minimum absolute atomic E-state index is 0.0191. The Hall–Kier alpha value is -3.06. The molecular weight excluding hydrogens is 399 g/mol. The van der Waals surface area contributed by atoms with Crippen LogP contribution in [-0.2, 0) is 6.54 Å². The lowest BCUT2D eigenvalue weighted by molar-refractivity contribution is 0.0927. The molecule has 0 unspecified atom stereocenters. The number of likely N-dealkylation sites (tertiary alicyclic amines) is 1. The third-order valence-electron chi connectivity index (χ3n) is 5.57. The molecule has 1 fully saturated rings. The number of hydrogen-bond donors (Lipinski definition) is 0. The molecule has 0 spiro atoms. The summed E-state index contributed by atoms with van der Waals surface area (Å²) in [5.41, 5.74) is 1.69. The number of hydrogen-bond acceptors (Lipinski definition) is 6. The summed E-state index contributed by atoms with van der Waals surface area (Å²) >= 11 is 0. The van der Waals surface area contributed by atoms with Gasteiger partial charge in [0.2, 0.25) is 5.89 Å². The molecule has 1 aliphatic rings. The van der Waals surface area contributed by atoms with Crippen molar-refractivity contribution in [3.05, 3.63) is 59.7 Å². The zero-order chi connectivity index (χ0) is 21.8. The van der Waals surface area contributed by atoms with E-state index in [1.54, 1.807) is 32.4 Å². The molecule has 4 rings (SSSR count). The average molecular weight is 426 g/mol. The van der Waals surface area contributed by atoms with Crippen molar-refractivity contribution >= 4 is 0 Å². The molecule has 1 aromatic heterocycles. The fraction of sp³-hybridized carbons (Fsp3) is 0.375. The van der Waals surface area contributed by atoms with Crippen molar-refractivity contribution in [1.29, 1.82) is 0 Å². The number of ether oxygens (including phenoxy) is 3. The first-order chi connectivity index (χ1) is 15.1. The molecule has 0 radical (unpaired) electrons. The molecule has 7 heteroatoms. The SMILES string of the molecule is COc1ccc(-c2nc(CN3CCC(Oc4ccccc4F)CC3)c(C)o2)c(OC)c1. The zero-order valence-electron chi connectivity index (χ0n) is 18.1. The Kier molecular flexibility index (Phi) is 6.42. The van der Waals surface area contributed by atoms with E-state index >= 15 is 0 Å². The maximum absolute atomic E-state index is 13.8. The number of benzene rings is 2. The van der Waals surface area contributed by atoms with Crippen LogP contribution in [-0.4, -0.2) is 43.3 Å². The first-order valence-corrected chi connectivity index (χ1v) is 10.4. The van der Waals surface area contributed by atoms with Gasteiger partial charge in [0.15, 0.2) is 11.6 Å². The molecule has 0 amide bonds. The van der Waals surface area contributed by atoms with Crippen molar-refractivity contribution in [2.45, 2.75) is 32.4 Å². The van der Waals surface area contributed by atoms with Crippen molar-refractivity contribution < 1.29 is 23.0 Å². The fourth-order valence-electron chi connectivity index (χ4n) is 3.78. The normalized spacial score (nSPS) is 15.1. The van der Waals surface area contributed by atoms with E-state index in [2.05, 4.69) is 4.90 Å². The van der Waals surface area contributed by atoms with Crippen molar-refractivity contribution in [2.24, 2.45) is 0 Å². The summed E-state index contributed by atoms with van der Waals surface area (Å²) in [5.74, 6) is 2.70. The van der Waals surface area contributed by atoms with E-state index in [0.29, 0.717) is 29.7 Å². The monoisotopic (exact) mass is 426 g/mol. The minimum Gasteiger partial charge on any atom is -0.497 e. The Labute approximate surface area is 181 Å². The van der Waals surface area contributed by atoms with Crippen LogP contribution in [0.3, 0.4) is 0 Å². The molecule has 0 bridgehead atoms. The van der Waals surface area contributed by atoms with E-state index in [4.69, 9.17) is 23.6 Å². The lowest BCUT2D eigenvalue weighted by Gasteiger charge is -2.31. The molecule has 0 N–H and O–H groups in total. The molecule has 2 heterocycles. The van der Waals surface area contributed by atoms with Crippen LogP contribution in [0.2, 0.25) is 0 Å². The quantitative estimate of drug-likeness (QED) is 0.538. The highest BCUT2D eigenvalue weighted by Gasteiger charge is 2.24. The predicted octanol–water partition coefficient (Wildman–Crippen LogP) is 4.85. The number of aromatic nitrogens is 1. The average Bonchev–Trinajstić information content (AvgIpc) is 3.16. The smallest absolute Gasteiger partial charge is 0.230 e. The van der Waals surface area contributed by atoms with Gasteiger partial charge < -0.3 is 18.6 Å². The number of methoxy groups -OCH3 is 2. The summed E-state index contributed by atoms with van der Waals surface area (Å²) in [6, 6.07) is 12.1. The number of rotatable bonds is 7. The molecule has 6 nitrogen and oxygen atoms in total. The summed E-state index contributed by atoms with van der Waals surface area (Å²) in [7, 11) is 3.23. The number of piperidine rings is 1. The van der Waals surface area contributed by atoms with Crippen LogP contribution in [0.4, 0.5) is 4.39 Å². The molecule has 1 aliphatic heterocycles. The summed E-state index contributed by atoms with van der Waals surface area (Å²) in [6.45, 7) is 4.33. The van der Waals surface area contributed by atoms with Crippen molar-refractivity contribution in [1.82, 2.24) is 9.88 Å². The van der Waals surface area contributed by atoms with Crippen molar-refractivity contribution in [3.8, 4) is 28.7 Å². The highest BCUT2D eigenvalue weighted by Crippen LogP contribution is 2.34. The number of para-hydroxylation sites is 1. The maximum Gasteiger partial charge on any atom is 0.230 e. The van der Waals surface area contributed by atoms with Crippen LogP contribution in [0.5, 0.6) is 17.2 Å². The van der Waals surface area contributed by atoms with E-state index in [1.807, 2.05) is 25.1 Å². The third-order valence-corrected chi connectivity index (χ3v) is 5.57. The second-order valence-electron chi connectivity index (χ2n) is 7.61. The van der Waals surface area contributed by atoms with Gasteiger partial charge in [-0.05, 0) is 44.0 Å². The molecule has 0 aliphatic carbocycles. The molecule has 2 aromatic carbocycles. The first-order valence-electron chi connectivity index (χ1n) is 10.4. The van der Waals surface area contributed by atoms with E-state index < -0.39 is 0 Å². The molecule has 31 heavy (non-hydrogen) atoms. The molecular formula is C24H27FN2O4. The van der Waals surface area contributed by atoms with Gasteiger partial charge in [0, 0.05) is 25.7 Å². The van der Waals surface area contributed by atoms with E-state index in [1.165, 1.54) is 6.07 Å². The lowest BCUT2D eigenvalue weighted by Crippen LogP contribution is -2.38. The van der Waals surface area contributed by atoms with Crippen LogP contribution >= 0.6 is 0 Å². The standard InChI is InChI=1S/C24H27FN2O4/c1-16-21(26-24(30-16)19-9-8-18(28-2)14-23(19)29-3)15-27-12-10-17(11-13-27)31-22-7-5-4-6-20(22)25/h4-9,14,17H,10-13,15H2,1-3H3. The largest absolute Gasteiger partial charge is 0.497 e. The van der Waals surface area contributed by atoms with Crippen LogP contribution in [0.15, 0.2) is 46.9 Å². The van der Waals surface area contributed by atoms with E-state index in [9.17, 15) is 4.39 Å². The van der Waals surface area contributed by atoms with Gasteiger partial charge in [0.1, 0.15) is 23.4 Å². The number of halogens is 1. The van der Waals surface area contributed by atoms with Crippen LogP contribution < -0.4 is 14.2 Å². The molecule has 0 atom stereocenters. The minimum atomic E-state index is -0.315. The number of nitrogens with zero attached hydrogens (tertiary/aromatic N) is 2. The third kappa shape index (κ3) is 4.82. The van der Waals surface area contributed by atoms with Gasteiger partial charge in [-0.25, -0.2) is 9.37 Å². The zero-order valence-corrected chi connectivity index (χ0v) is 18.1. The van der Waals surface area contributed by atoms with Gasteiger partial charge in [0.05, 0.1) is 25.5 Å². The molecule has 164 valence electrons. The van der Waals surface area contributed by atoms with Gasteiger partial charge in [-0.3, -0.25) is 4.90 Å². The summed E-state index contributed by atoms with van der Waals surface area (Å²) < 4.78 is 36.4. The maximum atomic E-state index is 13.8. The van der Waals surface area contributed by atoms with Gasteiger partial charge in [-0.2, -0.15) is 0 Å². The van der Waals surface area contributed by atoms with E-state index in [0.717, 1.165) is 42.9 Å². The number of oxazole rings is 1.